The zero-order chi connectivity index (χ0) is 16.2. The number of halogens is 1. The Morgan fingerprint density at radius 2 is 2.00 bits per heavy atom. The van der Waals surface area contributed by atoms with Gasteiger partial charge in [0.2, 0.25) is 0 Å². The van der Waals surface area contributed by atoms with E-state index in [2.05, 4.69) is 20.4 Å². The molecule has 2 heterocycles. The molecular formula is C16H14ClN5O. The number of amides is 1. The number of benzene rings is 1. The van der Waals surface area contributed by atoms with E-state index in [0.717, 1.165) is 31.7 Å². The summed E-state index contributed by atoms with van der Waals surface area (Å²) in [5.74, 6) is 0.351. The Kier molecular flexibility index (Phi) is 4.40. The lowest BCUT2D eigenvalue weighted by atomic mass is 10.2. The fourth-order valence-corrected chi connectivity index (χ4v) is 2.64. The molecule has 0 bridgehead atoms. The quantitative estimate of drug-likeness (QED) is 0.937. The molecule has 23 heavy (non-hydrogen) atoms. The summed E-state index contributed by atoms with van der Waals surface area (Å²) in [5, 5.41) is 20.2. The summed E-state index contributed by atoms with van der Waals surface area (Å²) >= 11 is 5.90. The van der Waals surface area contributed by atoms with Gasteiger partial charge in [0.05, 0.1) is 11.3 Å². The van der Waals surface area contributed by atoms with Crippen LogP contribution in [0.2, 0.25) is 5.02 Å². The second-order valence-electron chi connectivity index (χ2n) is 5.23. The first kappa shape index (κ1) is 15.3. The summed E-state index contributed by atoms with van der Waals surface area (Å²) in [6.07, 6.45) is 2.30. The summed E-state index contributed by atoms with van der Waals surface area (Å²) in [5.41, 5.74) is 0.886. The Hall–Kier alpha value is -2.65. The van der Waals surface area contributed by atoms with Gasteiger partial charge in [-0.3, -0.25) is 4.79 Å². The number of hydrogen-bond acceptors (Lipinski definition) is 5. The maximum atomic E-state index is 12.2. The van der Waals surface area contributed by atoms with Crippen LogP contribution in [0.4, 0.5) is 11.5 Å². The van der Waals surface area contributed by atoms with Crippen LogP contribution in [0.1, 0.15) is 28.9 Å². The second kappa shape index (κ2) is 6.63. The molecule has 1 aliphatic heterocycles. The van der Waals surface area contributed by atoms with E-state index in [1.165, 1.54) is 6.07 Å². The van der Waals surface area contributed by atoms with Crippen molar-refractivity contribution in [2.75, 3.05) is 23.3 Å². The highest BCUT2D eigenvalue weighted by molar-refractivity contribution is 6.31. The summed E-state index contributed by atoms with van der Waals surface area (Å²) < 4.78 is 0. The lowest BCUT2D eigenvalue weighted by Gasteiger charge is -2.15. The number of anilines is 2. The van der Waals surface area contributed by atoms with E-state index in [-0.39, 0.29) is 5.69 Å². The molecule has 1 aromatic carbocycles. The zero-order valence-corrected chi connectivity index (χ0v) is 13.0. The molecule has 0 saturated carbocycles. The molecule has 1 amide bonds. The molecule has 0 aliphatic carbocycles. The van der Waals surface area contributed by atoms with Gasteiger partial charge < -0.3 is 10.2 Å². The third kappa shape index (κ3) is 3.41. The average molecular weight is 328 g/mol. The summed E-state index contributed by atoms with van der Waals surface area (Å²) in [6.45, 7) is 1.93. The second-order valence-corrected chi connectivity index (χ2v) is 5.66. The molecule has 1 N–H and O–H groups in total. The van der Waals surface area contributed by atoms with Crippen molar-refractivity contribution in [1.29, 1.82) is 5.26 Å². The molecule has 0 spiro atoms. The van der Waals surface area contributed by atoms with Gasteiger partial charge >= 0.3 is 0 Å². The van der Waals surface area contributed by atoms with Crippen LogP contribution >= 0.6 is 11.6 Å². The van der Waals surface area contributed by atoms with Crippen molar-refractivity contribution in [2.24, 2.45) is 0 Å². The number of nitrogens with one attached hydrogen (secondary N) is 1. The Morgan fingerprint density at radius 3 is 2.65 bits per heavy atom. The van der Waals surface area contributed by atoms with Crippen LogP contribution in [0, 0.1) is 11.3 Å². The molecule has 116 valence electrons. The van der Waals surface area contributed by atoms with Crippen molar-refractivity contribution in [2.45, 2.75) is 12.8 Å². The van der Waals surface area contributed by atoms with E-state index in [1.807, 2.05) is 6.07 Å². The SMILES string of the molecule is N#Cc1ccc(Cl)cc1NC(=O)c1ccc(N2CCCC2)nn1. The van der Waals surface area contributed by atoms with Gasteiger partial charge in [-0.15, -0.1) is 10.2 Å². The molecular weight excluding hydrogens is 314 g/mol. The minimum absolute atomic E-state index is 0.191. The molecule has 0 radical (unpaired) electrons. The van der Waals surface area contributed by atoms with E-state index in [0.29, 0.717) is 16.3 Å². The minimum atomic E-state index is -0.427. The molecule has 3 rings (SSSR count). The number of rotatable bonds is 3. The molecule has 2 aromatic rings. The van der Waals surface area contributed by atoms with E-state index < -0.39 is 5.91 Å². The molecule has 0 atom stereocenters. The van der Waals surface area contributed by atoms with Gasteiger partial charge in [0, 0.05) is 18.1 Å². The summed E-state index contributed by atoms with van der Waals surface area (Å²) in [4.78, 5) is 14.4. The predicted molar refractivity (Wildman–Crippen MR) is 87.6 cm³/mol. The molecule has 1 fully saturated rings. The Bertz CT molecular complexity index is 763. The number of hydrogen-bond donors (Lipinski definition) is 1. The van der Waals surface area contributed by atoms with Crippen LogP contribution in [-0.4, -0.2) is 29.2 Å². The van der Waals surface area contributed by atoms with Crippen molar-refractivity contribution in [3.63, 3.8) is 0 Å². The van der Waals surface area contributed by atoms with E-state index in [9.17, 15) is 4.79 Å². The van der Waals surface area contributed by atoms with Crippen molar-refractivity contribution >= 4 is 29.0 Å². The fraction of sp³-hybridized carbons (Fsp3) is 0.250. The van der Waals surface area contributed by atoms with Crippen molar-refractivity contribution in [3.8, 4) is 6.07 Å². The summed E-state index contributed by atoms with van der Waals surface area (Å²) in [7, 11) is 0. The molecule has 7 heteroatoms. The monoisotopic (exact) mass is 327 g/mol. The van der Waals surface area contributed by atoms with E-state index in [1.54, 1.807) is 24.3 Å². The van der Waals surface area contributed by atoms with Crippen molar-refractivity contribution < 1.29 is 4.79 Å². The molecule has 1 aromatic heterocycles. The number of nitriles is 1. The van der Waals surface area contributed by atoms with Crippen LogP contribution < -0.4 is 10.2 Å². The van der Waals surface area contributed by atoms with Gasteiger partial charge in [0.15, 0.2) is 11.5 Å². The summed E-state index contributed by atoms with van der Waals surface area (Å²) in [6, 6.07) is 10.1. The fourth-order valence-electron chi connectivity index (χ4n) is 2.46. The molecule has 1 saturated heterocycles. The normalized spacial score (nSPS) is 13.7. The topological polar surface area (TPSA) is 81.9 Å². The van der Waals surface area contributed by atoms with Crippen LogP contribution in [0.3, 0.4) is 0 Å². The van der Waals surface area contributed by atoms with Crippen LogP contribution in [-0.2, 0) is 0 Å². The first-order chi connectivity index (χ1) is 11.2. The number of carbonyl (C=O) groups excluding carboxylic acids is 1. The molecule has 0 unspecified atom stereocenters. The Balaban J connectivity index is 1.76. The number of aromatic nitrogens is 2. The average Bonchev–Trinajstić information content (AvgIpc) is 3.10. The number of nitrogens with zero attached hydrogens (tertiary/aromatic N) is 4. The lowest BCUT2D eigenvalue weighted by molar-refractivity contribution is 0.102. The first-order valence-electron chi connectivity index (χ1n) is 7.27. The Labute approximate surface area is 138 Å². The third-order valence-electron chi connectivity index (χ3n) is 3.66. The van der Waals surface area contributed by atoms with Gasteiger partial charge in [-0.1, -0.05) is 11.6 Å². The molecule has 1 aliphatic rings. The number of carbonyl (C=O) groups is 1. The predicted octanol–water partition coefficient (Wildman–Crippen LogP) is 2.85. The lowest BCUT2D eigenvalue weighted by Crippen LogP contribution is -2.21. The minimum Gasteiger partial charge on any atom is -0.355 e. The largest absolute Gasteiger partial charge is 0.355 e. The first-order valence-corrected chi connectivity index (χ1v) is 7.65. The smallest absolute Gasteiger partial charge is 0.276 e. The van der Waals surface area contributed by atoms with Gasteiger partial charge in [0.1, 0.15) is 6.07 Å². The maximum absolute atomic E-state index is 12.2. The third-order valence-corrected chi connectivity index (χ3v) is 3.90. The standard InChI is InChI=1S/C16H14ClN5O/c17-12-4-3-11(10-18)14(9-12)19-16(23)13-5-6-15(21-20-13)22-7-1-2-8-22/h3-6,9H,1-2,7-8H2,(H,19,23). The highest BCUT2D eigenvalue weighted by Gasteiger charge is 2.16. The van der Waals surface area contributed by atoms with Gasteiger partial charge in [-0.05, 0) is 43.2 Å². The van der Waals surface area contributed by atoms with E-state index >= 15 is 0 Å². The van der Waals surface area contributed by atoms with Gasteiger partial charge in [-0.25, -0.2) is 0 Å². The highest BCUT2D eigenvalue weighted by Crippen LogP contribution is 2.21. The van der Waals surface area contributed by atoms with Crippen LogP contribution in [0.15, 0.2) is 30.3 Å². The van der Waals surface area contributed by atoms with Crippen molar-refractivity contribution in [3.05, 3.63) is 46.6 Å². The molecule has 6 nitrogen and oxygen atoms in total. The highest BCUT2D eigenvalue weighted by atomic mass is 35.5. The maximum Gasteiger partial charge on any atom is 0.276 e. The van der Waals surface area contributed by atoms with Gasteiger partial charge in [0.25, 0.3) is 5.91 Å². The van der Waals surface area contributed by atoms with Crippen LogP contribution in [0.25, 0.3) is 0 Å². The van der Waals surface area contributed by atoms with E-state index in [4.69, 9.17) is 16.9 Å². The van der Waals surface area contributed by atoms with Crippen molar-refractivity contribution in [1.82, 2.24) is 10.2 Å². The zero-order valence-electron chi connectivity index (χ0n) is 12.3. The Morgan fingerprint density at radius 1 is 1.22 bits per heavy atom. The van der Waals surface area contributed by atoms with Gasteiger partial charge in [-0.2, -0.15) is 5.26 Å². The van der Waals surface area contributed by atoms with Crippen LogP contribution in [0.5, 0.6) is 0 Å².